The molecular weight excluding hydrogens is 659 g/mol. The third-order valence-electron chi connectivity index (χ3n) is 11.2. The van der Waals surface area contributed by atoms with Gasteiger partial charge in [-0.1, -0.05) is 0 Å². The Morgan fingerprint density at radius 3 is 1.41 bits per heavy atom. The van der Waals surface area contributed by atoms with Crippen LogP contribution in [0.15, 0.2) is 97.1 Å². The number of benzene rings is 4. The molecule has 0 heterocycles. The third kappa shape index (κ3) is 4.14. The van der Waals surface area contributed by atoms with Gasteiger partial charge in [0.15, 0.2) is 0 Å². The molecule has 1 heteroatoms. The predicted molar refractivity (Wildman–Crippen MR) is 177 cm³/mol. The van der Waals surface area contributed by atoms with Gasteiger partial charge in [-0.2, -0.15) is 0 Å². The molecule has 0 aliphatic heterocycles. The fourth-order valence-electron chi connectivity index (χ4n) is 8.84. The Kier molecular flexibility index (Phi) is 6.66. The van der Waals surface area contributed by atoms with Gasteiger partial charge in [0.05, 0.1) is 0 Å². The molecular formula is C40H42Hf. The Bertz CT molecular complexity index is 1680. The average Bonchev–Trinajstić information content (AvgIpc) is 3.65. The molecule has 0 radical (unpaired) electrons. The number of fused-ring (bicyclic) bond motifs is 2. The molecule has 1 saturated carbocycles. The maximum atomic E-state index is 2.84. The summed E-state index contributed by atoms with van der Waals surface area (Å²) in [5, 5.41) is 0. The van der Waals surface area contributed by atoms with Gasteiger partial charge in [-0.3, -0.25) is 0 Å². The predicted octanol–water partition coefficient (Wildman–Crippen LogP) is 11.4. The van der Waals surface area contributed by atoms with E-state index in [1.807, 2.05) is 3.26 Å². The number of allylic oxidation sites excluding steroid dienone is 2. The summed E-state index contributed by atoms with van der Waals surface area (Å²) >= 11 is -3.94. The Labute approximate surface area is 247 Å². The molecule has 3 aliphatic rings. The van der Waals surface area contributed by atoms with Crippen LogP contribution in [0.25, 0.3) is 34.4 Å². The normalized spacial score (nSPS) is 19.9. The second kappa shape index (κ2) is 10.1. The van der Waals surface area contributed by atoms with Crippen LogP contribution in [-0.4, -0.2) is 3.26 Å². The molecule has 2 unspecified atom stereocenters. The average molecular weight is 701 g/mol. The molecule has 0 nitrogen and oxygen atoms in total. The molecule has 2 atom stereocenters. The van der Waals surface area contributed by atoms with Crippen LogP contribution in [0, 0.1) is 13.8 Å². The molecule has 0 amide bonds. The minimum absolute atomic E-state index is 0.529. The second-order valence-corrected chi connectivity index (χ2v) is 39.5. The molecule has 1 fully saturated rings. The topological polar surface area (TPSA) is 0 Å². The molecule has 7 rings (SSSR count). The van der Waals surface area contributed by atoms with Crippen molar-refractivity contribution in [2.45, 2.75) is 62.7 Å². The monoisotopic (exact) mass is 702 g/mol. The summed E-state index contributed by atoms with van der Waals surface area (Å²) in [6, 6.07) is 32.1. The van der Waals surface area contributed by atoms with Crippen LogP contribution in [0.3, 0.4) is 0 Å². The Hall–Kier alpha value is -2.90. The van der Waals surface area contributed by atoms with E-state index in [1.165, 1.54) is 76.6 Å². The van der Waals surface area contributed by atoms with Gasteiger partial charge < -0.3 is 0 Å². The molecule has 41 heavy (non-hydrogen) atoms. The van der Waals surface area contributed by atoms with Crippen LogP contribution in [0.2, 0.25) is 9.36 Å². The van der Waals surface area contributed by atoms with E-state index in [0.29, 0.717) is 7.35 Å². The quantitative estimate of drug-likeness (QED) is 0.186. The van der Waals surface area contributed by atoms with Crippen molar-refractivity contribution in [3.8, 4) is 22.3 Å². The zero-order chi connectivity index (χ0) is 28.2. The fourth-order valence-corrected chi connectivity index (χ4v) is 34.0. The Balaban J connectivity index is 1.44. The van der Waals surface area contributed by atoms with E-state index in [9.17, 15) is 0 Å². The van der Waals surface area contributed by atoms with E-state index in [1.54, 1.807) is 11.1 Å². The molecule has 4 aromatic rings. The van der Waals surface area contributed by atoms with Gasteiger partial charge in [0, 0.05) is 0 Å². The van der Waals surface area contributed by atoms with E-state index in [2.05, 4.69) is 132 Å². The maximum absolute atomic E-state index is 3.94. The van der Waals surface area contributed by atoms with Crippen molar-refractivity contribution >= 4 is 15.4 Å². The van der Waals surface area contributed by atoms with Gasteiger partial charge in [0.25, 0.3) is 0 Å². The van der Waals surface area contributed by atoms with Crippen molar-refractivity contribution < 1.29 is 18.0 Å². The summed E-state index contributed by atoms with van der Waals surface area (Å²) in [5.41, 5.74) is 14.4. The summed E-state index contributed by atoms with van der Waals surface area (Å²) in [4.78, 5) is 0. The van der Waals surface area contributed by atoms with Crippen LogP contribution >= 0.6 is 0 Å². The number of aryl methyl sites for hydroxylation is 2. The molecule has 0 aromatic heterocycles. The summed E-state index contributed by atoms with van der Waals surface area (Å²) in [7, 11) is 0. The second-order valence-electron chi connectivity index (χ2n) is 13.7. The fraction of sp³-hybridized carbons (Fsp3) is 0.275. The third-order valence-corrected chi connectivity index (χ3v) is 38.4. The van der Waals surface area contributed by atoms with Crippen LogP contribution in [0.5, 0.6) is 0 Å². The molecule has 0 saturated heterocycles. The molecule has 3 aliphatic carbocycles. The molecule has 0 bridgehead atoms. The van der Waals surface area contributed by atoms with Crippen LogP contribution in [-0.2, 0) is 18.0 Å². The van der Waals surface area contributed by atoms with Crippen molar-refractivity contribution in [3.63, 3.8) is 0 Å². The van der Waals surface area contributed by atoms with Crippen molar-refractivity contribution in [3.05, 3.63) is 130 Å². The van der Waals surface area contributed by atoms with Crippen molar-refractivity contribution in [2.24, 2.45) is 0 Å². The standard InChI is InChI=1S/2C16H13.C6H10.2CH3.Hf/c2*1-12-6-2-3-9-14(12)16-11-5-8-13-7-4-10-15(13)16;1-2-4-6-5-3-1;;;/h2*2-11H,1H3;1-5H2;2*1H3;. The van der Waals surface area contributed by atoms with Crippen LogP contribution in [0.4, 0.5) is 0 Å². The van der Waals surface area contributed by atoms with E-state index >= 15 is 0 Å². The first kappa shape index (κ1) is 27.0. The van der Waals surface area contributed by atoms with E-state index in [-0.39, 0.29) is 0 Å². The van der Waals surface area contributed by atoms with Gasteiger partial charge in [-0.25, -0.2) is 0 Å². The summed E-state index contributed by atoms with van der Waals surface area (Å²) < 4.78 is 8.71. The van der Waals surface area contributed by atoms with Gasteiger partial charge in [-0.05, 0) is 0 Å². The Morgan fingerprint density at radius 2 is 0.951 bits per heavy atom. The first-order valence-electron chi connectivity index (χ1n) is 15.7. The molecule has 4 aromatic carbocycles. The molecule has 206 valence electrons. The first-order valence-corrected chi connectivity index (χ1v) is 28.8. The minimum atomic E-state index is -3.94. The van der Waals surface area contributed by atoms with Gasteiger partial charge in [-0.15, -0.1) is 0 Å². The zero-order valence-corrected chi connectivity index (χ0v) is 28.7. The van der Waals surface area contributed by atoms with E-state index in [4.69, 9.17) is 0 Å². The van der Waals surface area contributed by atoms with Crippen LogP contribution < -0.4 is 0 Å². The van der Waals surface area contributed by atoms with Gasteiger partial charge >= 0.3 is 249 Å². The van der Waals surface area contributed by atoms with Crippen molar-refractivity contribution in [2.75, 3.05) is 0 Å². The zero-order valence-electron chi connectivity index (χ0n) is 25.1. The SMILES string of the molecule is Cc1ccccc1-c1cccc2c1C=C[CH]2[Hf]([CH3])([CH3])(=[C]1CCCCC1)[CH]1C=Cc2c(-c3ccccc3C)cccc21. The number of hydrogen-bond donors (Lipinski definition) is 0. The number of rotatable bonds is 4. The summed E-state index contributed by atoms with van der Waals surface area (Å²) in [5.74, 6) is 0. The molecule has 0 N–H and O–H groups in total. The summed E-state index contributed by atoms with van der Waals surface area (Å²) in [6.07, 6.45) is 17.1. The van der Waals surface area contributed by atoms with E-state index in [0.717, 1.165) is 0 Å². The number of hydrogen-bond acceptors (Lipinski definition) is 0. The first-order chi connectivity index (χ1) is 19.9. The molecule has 0 spiro atoms. The van der Waals surface area contributed by atoms with Crippen LogP contribution in [0.1, 0.15) is 72.8 Å². The van der Waals surface area contributed by atoms with Crippen molar-refractivity contribution in [1.82, 2.24) is 0 Å². The van der Waals surface area contributed by atoms with Gasteiger partial charge in [0.2, 0.25) is 0 Å². The van der Waals surface area contributed by atoms with Crippen molar-refractivity contribution in [1.29, 1.82) is 0 Å². The summed E-state index contributed by atoms with van der Waals surface area (Å²) in [6.45, 7) is 4.50. The van der Waals surface area contributed by atoms with E-state index < -0.39 is 18.0 Å². The Morgan fingerprint density at radius 1 is 0.512 bits per heavy atom. The van der Waals surface area contributed by atoms with Gasteiger partial charge in [0.1, 0.15) is 0 Å².